The highest BCUT2D eigenvalue weighted by molar-refractivity contribution is 5.70. The standard InChI is InChI=1S/C25H48O4/c1-3-5-7-9-11-12-13-15-19-23-29-25(27)21-17-16-20-24(26)28-22-18-14-10-8-6-4-2/h3-23H2,1-2H3. The Kier molecular flexibility index (Phi) is 22.4. The van der Waals surface area contributed by atoms with E-state index in [0.717, 1.165) is 25.7 Å². The normalized spacial score (nSPS) is 10.8. The number of rotatable bonds is 22. The summed E-state index contributed by atoms with van der Waals surface area (Å²) in [6.45, 7) is 5.52. The number of carbonyl (C=O) groups is 2. The van der Waals surface area contributed by atoms with Gasteiger partial charge in [0.05, 0.1) is 13.2 Å². The SMILES string of the molecule is CCCCCCCCCCCOC(=O)CCCCC(=O)OCCCCCCCC. The minimum Gasteiger partial charge on any atom is -0.466 e. The van der Waals surface area contributed by atoms with Gasteiger partial charge in [-0.05, 0) is 25.7 Å². The molecular weight excluding hydrogens is 364 g/mol. The summed E-state index contributed by atoms with van der Waals surface area (Å²) < 4.78 is 10.5. The van der Waals surface area contributed by atoms with Gasteiger partial charge in [0, 0.05) is 12.8 Å². The molecule has 0 aromatic rings. The molecular formula is C25H48O4. The number of carbonyl (C=O) groups excluding carboxylic acids is 2. The predicted molar refractivity (Wildman–Crippen MR) is 121 cm³/mol. The Labute approximate surface area is 180 Å². The fourth-order valence-corrected chi connectivity index (χ4v) is 3.35. The van der Waals surface area contributed by atoms with Crippen molar-refractivity contribution in [2.75, 3.05) is 13.2 Å². The van der Waals surface area contributed by atoms with E-state index >= 15 is 0 Å². The molecule has 0 unspecified atom stereocenters. The van der Waals surface area contributed by atoms with Crippen molar-refractivity contribution in [1.29, 1.82) is 0 Å². The van der Waals surface area contributed by atoms with E-state index in [1.54, 1.807) is 0 Å². The average Bonchev–Trinajstić information content (AvgIpc) is 2.72. The van der Waals surface area contributed by atoms with Crippen LogP contribution in [-0.2, 0) is 19.1 Å². The first-order valence-corrected chi connectivity index (χ1v) is 12.5. The minimum absolute atomic E-state index is 0.134. The molecule has 0 heterocycles. The molecule has 0 fully saturated rings. The van der Waals surface area contributed by atoms with E-state index in [9.17, 15) is 9.59 Å². The molecule has 0 aliphatic heterocycles. The van der Waals surface area contributed by atoms with E-state index in [1.165, 1.54) is 70.6 Å². The smallest absolute Gasteiger partial charge is 0.305 e. The lowest BCUT2D eigenvalue weighted by atomic mass is 10.1. The van der Waals surface area contributed by atoms with Gasteiger partial charge < -0.3 is 9.47 Å². The number of hydrogen-bond donors (Lipinski definition) is 0. The molecule has 0 N–H and O–H groups in total. The summed E-state index contributed by atoms with van der Waals surface area (Å²) in [5.74, 6) is -0.272. The highest BCUT2D eigenvalue weighted by Gasteiger charge is 2.06. The van der Waals surface area contributed by atoms with E-state index in [0.29, 0.717) is 38.9 Å². The van der Waals surface area contributed by atoms with Gasteiger partial charge in [0.15, 0.2) is 0 Å². The maximum Gasteiger partial charge on any atom is 0.305 e. The molecule has 0 bridgehead atoms. The van der Waals surface area contributed by atoms with Crippen LogP contribution in [0.5, 0.6) is 0 Å². The second kappa shape index (κ2) is 23.2. The van der Waals surface area contributed by atoms with Crippen LogP contribution in [0.4, 0.5) is 0 Å². The van der Waals surface area contributed by atoms with Crippen LogP contribution in [0.3, 0.4) is 0 Å². The summed E-state index contributed by atoms with van der Waals surface area (Å²) >= 11 is 0. The molecule has 0 rings (SSSR count). The van der Waals surface area contributed by atoms with Crippen molar-refractivity contribution < 1.29 is 19.1 Å². The molecule has 0 atom stereocenters. The lowest BCUT2D eigenvalue weighted by Gasteiger charge is -2.06. The fraction of sp³-hybridized carbons (Fsp3) is 0.920. The second-order valence-corrected chi connectivity index (χ2v) is 8.24. The third-order valence-electron chi connectivity index (χ3n) is 5.28. The van der Waals surface area contributed by atoms with Crippen molar-refractivity contribution in [2.24, 2.45) is 0 Å². The van der Waals surface area contributed by atoms with Gasteiger partial charge in [0.2, 0.25) is 0 Å². The molecule has 0 aliphatic carbocycles. The molecule has 0 saturated carbocycles. The van der Waals surface area contributed by atoms with E-state index in [4.69, 9.17) is 9.47 Å². The second-order valence-electron chi connectivity index (χ2n) is 8.24. The Bertz CT molecular complexity index is 368. The van der Waals surface area contributed by atoms with Crippen LogP contribution in [0.15, 0.2) is 0 Å². The van der Waals surface area contributed by atoms with Gasteiger partial charge in [-0.3, -0.25) is 9.59 Å². The molecule has 172 valence electrons. The zero-order valence-corrected chi connectivity index (χ0v) is 19.5. The minimum atomic E-state index is -0.137. The van der Waals surface area contributed by atoms with Crippen LogP contribution in [0.25, 0.3) is 0 Å². The van der Waals surface area contributed by atoms with Crippen LogP contribution < -0.4 is 0 Å². The molecule has 0 saturated heterocycles. The zero-order chi connectivity index (χ0) is 21.4. The van der Waals surface area contributed by atoms with Gasteiger partial charge in [0.25, 0.3) is 0 Å². The molecule has 0 spiro atoms. The van der Waals surface area contributed by atoms with Crippen molar-refractivity contribution >= 4 is 11.9 Å². The Morgan fingerprint density at radius 1 is 0.448 bits per heavy atom. The maximum absolute atomic E-state index is 11.7. The summed E-state index contributed by atoms with van der Waals surface area (Å²) in [6.07, 6.45) is 20.7. The third-order valence-corrected chi connectivity index (χ3v) is 5.28. The molecule has 29 heavy (non-hydrogen) atoms. The Hall–Kier alpha value is -1.06. The van der Waals surface area contributed by atoms with Crippen LogP contribution >= 0.6 is 0 Å². The van der Waals surface area contributed by atoms with Crippen LogP contribution in [0, 0.1) is 0 Å². The third kappa shape index (κ3) is 23.1. The summed E-state index contributed by atoms with van der Waals surface area (Å²) in [5, 5.41) is 0. The van der Waals surface area contributed by atoms with Crippen molar-refractivity contribution in [3.8, 4) is 0 Å². The largest absolute Gasteiger partial charge is 0.466 e. The van der Waals surface area contributed by atoms with Crippen molar-refractivity contribution in [1.82, 2.24) is 0 Å². The molecule has 4 heteroatoms. The first-order valence-electron chi connectivity index (χ1n) is 12.5. The average molecular weight is 413 g/mol. The topological polar surface area (TPSA) is 52.6 Å². The van der Waals surface area contributed by atoms with Gasteiger partial charge in [-0.1, -0.05) is 97.3 Å². The Balaban J connectivity index is 3.29. The van der Waals surface area contributed by atoms with Crippen LogP contribution in [0.1, 0.15) is 136 Å². The van der Waals surface area contributed by atoms with Gasteiger partial charge >= 0.3 is 11.9 Å². The van der Waals surface area contributed by atoms with Gasteiger partial charge in [-0.25, -0.2) is 0 Å². The van der Waals surface area contributed by atoms with Gasteiger partial charge in [-0.2, -0.15) is 0 Å². The Morgan fingerprint density at radius 3 is 1.10 bits per heavy atom. The lowest BCUT2D eigenvalue weighted by Crippen LogP contribution is -2.08. The van der Waals surface area contributed by atoms with Gasteiger partial charge in [0.1, 0.15) is 0 Å². The number of esters is 2. The van der Waals surface area contributed by atoms with Crippen LogP contribution in [0.2, 0.25) is 0 Å². The number of ether oxygens (including phenoxy) is 2. The highest BCUT2D eigenvalue weighted by Crippen LogP contribution is 2.10. The molecule has 0 amide bonds. The van der Waals surface area contributed by atoms with Crippen molar-refractivity contribution in [3.63, 3.8) is 0 Å². The van der Waals surface area contributed by atoms with Crippen molar-refractivity contribution in [2.45, 2.75) is 136 Å². The Morgan fingerprint density at radius 2 is 0.759 bits per heavy atom. The lowest BCUT2D eigenvalue weighted by molar-refractivity contribution is -0.146. The molecule has 0 radical (unpaired) electrons. The fourth-order valence-electron chi connectivity index (χ4n) is 3.35. The highest BCUT2D eigenvalue weighted by atomic mass is 16.5. The molecule has 0 aliphatic rings. The first-order chi connectivity index (χ1) is 14.2. The quantitative estimate of drug-likeness (QED) is 0.136. The predicted octanol–water partition coefficient (Wildman–Crippen LogP) is 7.52. The van der Waals surface area contributed by atoms with E-state index < -0.39 is 0 Å². The summed E-state index contributed by atoms with van der Waals surface area (Å²) in [4.78, 5) is 23.4. The summed E-state index contributed by atoms with van der Waals surface area (Å²) in [7, 11) is 0. The summed E-state index contributed by atoms with van der Waals surface area (Å²) in [5.41, 5.74) is 0. The van der Waals surface area contributed by atoms with E-state index in [2.05, 4.69) is 13.8 Å². The molecule has 0 aromatic heterocycles. The monoisotopic (exact) mass is 412 g/mol. The van der Waals surface area contributed by atoms with Crippen LogP contribution in [-0.4, -0.2) is 25.2 Å². The summed E-state index contributed by atoms with van der Waals surface area (Å²) in [6, 6.07) is 0. The molecule has 0 aromatic carbocycles. The number of hydrogen-bond acceptors (Lipinski definition) is 4. The molecule has 4 nitrogen and oxygen atoms in total. The number of unbranched alkanes of at least 4 members (excludes halogenated alkanes) is 14. The van der Waals surface area contributed by atoms with E-state index in [1.807, 2.05) is 0 Å². The van der Waals surface area contributed by atoms with Crippen molar-refractivity contribution in [3.05, 3.63) is 0 Å². The first kappa shape index (κ1) is 27.9. The van der Waals surface area contributed by atoms with E-state index in [-0.39, 0.29) is 11.9 Å². The maximum atomic E-state index is 11.7. The zero-order valence-electron chi connectivity index (χ0n) is 19.5. The van der Waals surface area contributed by atoms with Gasteiger partial charge in [-0.15, -0.1) is 0 Å².